The average Bonchev–Trinajstić information content (AvgIpc) is 2.48. The van der Waals surface area contributed by atoms with E-state index in [1.807, 2.05) is 6.07 Å². The Kier molecular flexibility index (Phi) is 10.7. The molecular weight excluding hydrogens is 339 g/mol. The first-order chi connectivity index (χ1) is 10.3. The van der Waals surface area contributed by atoms with Crippen molar-refractivity contribution in [1.82, 2.24) is 0 Å². The Morgan fingerprint density at radius 1 is 1.10 bits per heavy atom. The number of ether oxygens (including phenoxy) is 3. The summed E-state index contributed by atoms with van der Waals surface area (Å²) in [5.41, 5.74) is 1.03. The van der Waals surface area contributed by atoms with Gasteiger partial charge in [0.15, 0.2) is 0 Å². The van der Waals surface area contributed by atoms with E-state index in [1.54, 1.807) is 19.2 Å². The lowest BCUT2D eigenvalue weighted by molar-refractivity contribution is 0.0223. The monoisotopic (exact) mass is 362 g/mol. The Labute approximate surface area is 134 Å². The maximum Gasteiger partial charge on any atom is 0.123 e. The molecule has 120 valence electrons. The van der Waals surface area contributed by atoms with Crippen molar-refractivity contribution in [2.75, 3.05) is 45.5 Å². The molecule has 0 aliphatic rings. The van der Waals surface area contributed by atoms with E-state index in [2.05, 4.69) is 15.9 Å². The van der Waals surface area contributed by atoms with Gasteiger partial charge in [-0.15, -0.1) is 0 Å². The van der Waals surface area contributed by atoms with E-state index in [4.69, 9.17) is 14.2 Å². The van der Waals surface area contributed by atoms with Gasteiger partial charge >= 0.3 is 0 Å². The van der Waals surface area contributed by atoms with Crippen molar-refractivity contribution in [2.45, 2.75) is 12.8 Å². The van der Waals surface area contributed by atoms with Crippen molar-refractivity contribution < 1.29 is 18.6 Å². The molecule has 1 atom stereocenters. The van der Waals surface area contributed by atoms with Crippen LogP contribution >= 0.6 is 15.9 Å². The lowest BCUT2D eigenvalue weighted by Gasteiger charge is -2.14. The molecule has 0 fully saturated rings. The van der Waals surface area contributed by atoms with Crippen LogP contribution in [-0.2, 0) is 20.6 Å². The molecule has 0 N–H and O–H groups in total. The second kappa shape index (κ2) is 12.1. The highest BCUT2D eigenvalue weighted by molar-refractivity contribution is 9.09. The Hall–Kier alpha value is -0.490. The van der Waals surface area contributed by atoms with E-state index in [0.29, 0.717) is 39.0 Å². The third-order valence-electron chi connectivity index (χ3n) is 3.11. The second-order valence-corrected chi connectivity index (χ2v) is 5.51. The first-order valence-electron chi connectivity index (χ1n) is 7.21. The molecule has 0 amide bonds. The molecule has 0 bridgehead atoms. The lowest BCUT2D eigenvalue weighted by Crippen LogP contribution is -2.13. The molecular formula is C16H24BrFO3. The first kappa shape index (κ1) is 18.6. The van der Waals surface area contributed by atoms with Crippen LogP contribution in [0.1, 0.15) is 12.0 Å². The zero-order chi connectivity index (χ0) is 15.3. The van der Waals surface area contributed by atoms with Crippen molar-refractivity contribution in [3.8, 4) is 0 Å². The van der Waals surface area contributed by atoms with Gasteiger partial charge in [-0.3, -0.25) is 0 Å². The summed E-state index contributed by atoms with van der Waals surface area (Å²) >= 11 is 3.52. The van der Waals surface area contributed by atoms with Crippen LogP contribution in [0.25, 0.3) is 0 Å². The van der Waals surface area contributed by atoms with Crippen LogP contribution in [0.2, 0.25) is 0 Å². The third-order valence-corrected chi connectivity index (χ3v) is 4.02. The number of hydrogen-bond donors (Lipinski definition) is 0. The minimum Gasteiger partial charge on any atom is -0.382 e. The lowest BCUT2D eigenvalue weighted by atomic mass is 9.98. The zero-order valence-corrected chi connectivity index (χ0v) is 14.1. The molecule has 0 saturated carbocycles. The Morgan fingerprint density at radius 2 is 1.81 bits per heavy atom. The maximum atomic E-state index is 13.1. The molecule has 5 heteroatoms. The highest BCUT2D eigenvalue weighted by Gasteiger charge is 2.09. The van der Waals surface area contributed by atoms with Crippen LogP contribution in [0, 0.1) is 11.7 Å². The zero-order valence-electron chi connectivity index (χ0n) is 12.5. The van der Waals surface area contributed by atoms with Crippen molar-refractivity contribution in [3.63, 3.8) is 0 Å². The van der Waals surface area contributed by atoms with Crippen LogP contribution in [0.15, 0.2) is 24.3 Å². The minimum atomic E-state index is -0.176. The van der Waals surface area contributed by atoms with Gasteiger partial charge in [-0.25, -0.2) is 4.39 Å². The summed E-state index contributed by atoms with van der Waals surface area (Å²) in [5, 5.41) is 0.886. The second-order valence-electron chi connectivity index (χ2n) is 4.86. The van der Waals surface area contributed by atoms with E-state index < -0.39 is 0 Å². The first-order valence-corrected chi connectivity index (χ1v) is 8.33. The molecule has 0 aliphatic heterocycles. The summed E-state index contributed by atoms with van der Waals surface area (Å²) in [5.74, 6) is 0.270. The highest BCUT2D eigenvalue weighted by Crippen LogP contribution is 2.16. The van der Waals surface area contributed by atoms with E-state index in [1.165, 1.54) is 6.07 Å². The fourth-order valence-electron chi connectivity index (χ4n) is 1.95. The van der Waals surface area contributed by atoms with E-state index in [9.17, 15) is 4.39 Å². The Morgan fingerprint density at radius 3 is 2.48 bits per heavy atom. The van der Waals surface area contributed by atoms with Crippen LogP contribution in [-0.4, -0.2) is 45.5 Å². The van der Waals surface area contributed by atoms with Gasteiger partial charge in [-0.2, -0.15) is 0 Å². The van der Waals surface area contributed by atoms with Gasteiger partial charge in [0.2, 0.25) is 0 Å². The quantitative estimate of drug-likeness (QED) is 0.421. The van der Waals surface area contributed by atoms with E-state index >= 15 is 0 Å². The minimum absolute atomic E-state index is 0.176. The summed E-state index contributed by atoms with van der Waals surface area (Å²) in [6.07, 6.45) is 1.80. The molecule has 1 aromatic rings. The SMILES string of the molecule is COCCOCCOCCC(CBr)Cc1cccc(F)c1. The van der Waals surface area contributed by atoms with E-state index in [0.717, 1.165) is 23.7 Å². The van der Waals surface area contributed by atoms with Gasteiger partial charge in [-0.1, -0.05) is 28.1 Å². The van der Waals surface area contributed by atoms with Crippen molar-refractivity contribution in [1.29, 1.82) is 0 Å². The summed E-state index contributed by atoms with van der Waals surface area (Å²) in [4.78, 5) is 0. The van der Waals surface area contributed by atoms with Crippen LogP contribution in [0.3, 0.4) is 0 Å². The van der Waals surface area contributed by atoms with Crippen LogP contribution in [0.4, 0.5) is 4.39 Å². The molecule has 1 unspecified atom stereocenters. The van der Waals surface area contributed by atoms with E-state index in [-0.39, 0.29) is 5.82 Å². The number of halogens is 2. The largest absolute Gasteiger partial charge is 0.382 e. The van der Waals surface area contributed by atoms with Gasteiger partial charge in [0.1, 0.15) is 5.82 Å². The number of rotatable bonds is 12. The molecule has 0 heterocycles. The number of hydrogen-bond acceptors (Lipinski definition) is 3. The summed E-state index contributed by atoms with van der Waals surface area (Å²) in [7, 11) is 1.65. The van der Waals surface area contributed by atoms with Crippen molar-refractivity contribution in [2.24, 2.45) is 5.92 Å². The van der Waals surface area contributed by atoms with Gasteiger partial charge < -0.3 is 14.2 Å². The molecule has 0 radical (unpaired) electrons. The van der Waals surface area contributed by atoms with Gasteiger partial charge in [0.25, 0.3) is 0 Å². The maximum absolute atomic E-state index is 13.1. The van der Waals surface area contributed by atoms with Gasteiger partial charge in [-0.05, 0) is 36.5 Å². The van der Waals surface area contributed by atoms with Gasteiger partial charge in [0.05, 0.1) is 26.4 Å². The predicted molar refractivity (Wildman–Crippen MR) is 85.5 cm³/mol. The van der Waals surface area contributed by atoms with Gasteiger partial charge in [0, 0.05) is 19.0 Å². The van der Waals surface area contributed by atoms with Crippen molar-refractivity contribution >= 4 is 15.9 Å². The smallest absolute Gasteiger partial charge is 0.123 e. The molecule has 3 nitrogen and oxygen atoms in total. The Bertz CT molecular complexity index is 376. The fraction of sp³-hybridized carbons (Fsp3) is 0.625. The predicted octanol–water partition coefficient (Wildman–Crippen LogP) is 3.45. The molecule has 1 aromatic carbocycles. The Balaban J connectivity index is 2.11. The molecule has 0 spiro atoms. The molecule has 0 aromatic heterocycles. The molecule has 0 saturated heterocycles. The third kappa shape index (κ3) is 9.19. The molecule has 1 rings (SSSR count). The van der Waals surface area contributed by atoms with Crippen molar-refractivity contribution in [3.05, 3.63) is 35.6 Å². The number of methoxy groups -OCH3 is 1. The molecule has 21 heavy (non-hydrogen) atoms. The topological polar surface area (TPSA) is 27.7 Å². The summed E-state index contributed by atoms with van der Waals surface area (Å²) in [6, 6.07) is 6.78. The van der Waals surface area contributed by atoms with Crippen LogP contribution in [0.5, 0.6) is 0 Å². The average molecular weight is 363 g/mol. The fourth-order valence-corrected chi connectivity index (χ4v) is 2.50. The number of benzene rings is 1. The van der Waals surface area contributed by atoms with Crippen LogP contribution < -0.4 is 0 Å². The summed E-state index contributed by atoms with van der Waals surface area (Å²) < 4.78 is 28.9. The molecule has 0 aliphatic carbocycles. The highest BCUT2D eigenvalue weighted by atomic mass is 79.9. The normalized spacial score (nSPS) is 12.5. The standard InChI is InChI=1S/C16H24BrFO3/c1-19-7-8-21-10-9-20-6-5-15(13-17)11-14-3-2-4-16(18)12-14/h2-4,12,15H,5-11,13H2,1H3. The number of alkyl halides is 1. The summed E-state index contributed by atoms with van der Waals surface area (Å²) in [6.45, 7) is 3.09.